The minimum Gasteiger partial charge on any atom is -0.368 e. The van der Waals surface area contributed by atoms with Crippen LogP contribution in [-0.4, -0.2) is 41.9 Å². The van der Waals surface area contributed by atoms with Crippen LogP contribution in [0.4, 0.5) is 11.4 Å². The number of carbonyl (C=O) groups excluding carboxylic acids is 1. The van der Waals surface area contributed by atoms with Crippen LogP contribution in [-0.2, 0) is 0 Å². The van der Waals surface area contributed by atoms with Crippen molar-refractivity contribution in [1.29, 1.82) is 0 Å². The Labute approximate surface area is 169 Å². The predicted octanol–water partition coefficient (Wildman–Crippen LogP) is 4.22. The van der Waals surface area contributed by atoms with E-state index in [1.165, 1.54) is 12.1 Å². The zero-order chi connectivity index (χ0) is 20.2. The number of nitrogens with zero attached hydrogens (tertiary/aromatic N) is 3. The van der Waals surface area contributed by atoms with Gasteiger partial charge in [0, 0.05) is 49.6 Å². The van der Waals surface area contributed by atoms with E-state index in [2.05, 4.69) is 4.90 Å². The Morgan fingerprint density at radius 3 is 1.93 bits per heavy atom. The molecule has 3 aromatic rings. The van der Waals surface area contributed by atoms with Crippen molar-refractivity contribution in [3.8, 4) is 11.1 Å². The van der Waals surface area contributed by atoms with Gasteiger partial charge in [-0.1, -0.05) is 42.5 Å². The van der Waals surface area contributed by atoms with Crippen LogP contribution in [0.2, 0.25) is 0 Å². The Morgan fingerprint density at radius 2 is 1.34 bits per heavy atom. The number of nitro groups is 1. The third-order valence-corrected chi connectivity index (χ3v) is 5.23. The lowest BCUT2D eigenvalue weighted by Gasteiger charge is -2.36. The van der Waals surface area contributed by atoms with Crippen molar-refractivity contribution in [2.45, 2.75) is 0 Å². The van der Waals surface area contributed by atoms with Gasteiger partial charge in [0.25, 0.3) is 11.6 Å². The highest BCUT2D eigenvalue weighted by Gasteiger charge is 2.22. The van der Waals surface area contributed by atoms with Gasteiger partial charge in [0.1, 0.15) is 0 Å². The fourth-order valence-electron chi connectivity index (χ4n) is 3.57. The van der Waals surface area contributed by atoms with E-state index >= 15 is 0 Å². The summed E-state index contributed by atoms with van der Waals surface area (Å²) in [4.78, 5) is 27.2. The molecule has 29 heavy (non-hydrogen) atoms. The third kappa shape index (κ3) is 4.11. The molecule has 1 heterocycles. The number of benzene rings is 3. The van der Waals surface area contributed by atoms with Crippen LogP contribution < -0.4 is 4.90 Å². The van der Waals surface area contributed by atoms with E-state index in [1.54, 1.807) is 12.1 Å². The molecular weight excluding hydrogens is 366 g/mol. The van der Waals surface area contributed by atoms with Crippen LogP contribution >= 0.6 is 0 Å². The van der Waals surface area contributed by atoms with E-state index in [0.29, 0.717) is 31.7 Å². The molecule has 146 valence electrons. The van der Waals surface area contributed by atoms with Crippen LogP contribution in [0.1, 0.15) is 10.4 Å². The van der Waals surface area contributed by atoms with Gasteiger partial charge in [0.15, 0.2) is 0 Å². The summed E-state index contributed by atoms with van der Waals surface area (Å²) in [5.74, 6) is 0.0351. The van der Waals surface area contributed by atoms with Gasteiger partial charge < -0.3 is 9.80 Å². The van der Waals surface area contributed by atoms with Crippen molar-refractivity contribution in [3.05, 3.63) is 94.5 Å². The Kier molecular flexibility index (Phi) is 5.24. The van der Waals surface area contributed by atoms with Gasteiger partial charge in [-0.25, -0.2) is 0 Å². The number of anilines is 1. The molecule has 0 unspecified atom stereocenters. The minimum absolute atomic E-state index is 0.0351. The SMILES string of the molecule is O=C(c1ccc(-c2ccccc2)cc1)N1CCN(c2ccc([N+](=O)[O-])cc2)CC1. The van der Waals surface area contributed by atoms with E-state index in [4.69, 9.17) is 0 Å². The highest BCUT2D eigenvalue weighted by atomic mass is 16.6. The van der Waals surface area contributed by atoms with Crippen molar-refractivity contribution >= 4 is 17.3 Å². The van der Waals surface area contributed by atoms with Crippen molar-refractivity contribution in [2.75, 3.05) is 31.1 Å². The van der Waals surface area contributed by atoms with Gasteiger partial charge in [0.2, 0.25) is 0 Å². The first-order chi connectivity index (χ1) is 14.1. The molecule has 6 nitrogen and oxygen atoms in total. The molecule has 0 aliphatic carbocycles. The average Bonchev–Trinajstić information content (AvgIpc) is 2.79. The summed E-state index contributed by atoms with van der Waals surface area (Å²) >= 11 is 0. The summed E-state index contributed by atoms with van der Waals surface area (Å²) < 4.78 is 0. The number of piperazine rings is 1. The van der Waals surface area contributed by atoms with Crippen LogP contribution in [0, 0.1) is 10.1 Å². The molecule has 0 aromatic heterocycles. The maximum Gasteiger partial charge on any atom is 0.269 e. The van der Waals surface area contributed by atoms with Crippen LogP contribution in [0.15, 0.2) is 78.9 Å². The highest BCUT2D eigenvalue weighted by Crippen LogP contribution is 2.22. The maximum absolute atomic E-state index is 12.8. The van der Waals surface area contributed by atoms with Crippen LogP contribution in [0.5, 0.6) is 0 Å². The summed E-state index contributed by atoms with van der Waals surface area (Å²) in [5, 5.41) is 10.8. The molecule has 0 spiro atoms. The normalized spacial score (nSPS) is 13.9. The molecule has 1 fully saturated rings. The van der Waals surface area contributed by atoms with E-state index in [1.807, 2.05) is 59.5 Å². The Hall–Kier alpha value is -3.67. The largest absolute Gasteiger partial charge is 0.368 e. The van der Waals surface area contributed by atoms with Crippen molar-refractivity contribution in [1.82, 2.24) is 4.90 Å². The number of non-ortho nitro benzene ring substituents is 1. The second-order valence-electron chi connectivity index (χ2n) is 7.00. The van der Waals surface area contributed by atoms with Crippen molar-refractivity contribution in [2.24, 2.45) is 0 Å². The lowest BCUT2D eigenvalue weighted by atomic mass is 10.0. The van der Waals surface area contributed by atoms with E-state index < -0.39 is 4.92 Å². The van der Waals surface area contributed by atoms with Gasteiger partial charge in [-0.3, -0.25) is 14.9 Å². The molecular formula is C23H21N3O3. The average molecular weight is 387 g/mol. The zero-order valence-corrected chi connectivity index (χ0v) is 15.9. The number of nitro benzene ring substituents is 1. The molecule has 4 rings (SSSR count). The van der Waals surface area contributed by atoms with E-state index in [9.17, 15) is 14.9 Å². The first kappa shape index (κ1) is 18.7. The molecule has 6 heteroatoms. The standard InChI is InChI=1S/C23H21N3O3/c27-23(20-8-6-19(7-9-20)18-4-2-1-3-5-18)25-16-14-24(15-17-25)21-10-12-22(13-11-21)26(28)29/h1-13H,14-17H2. The molecule has 0 saturated carbocycles. The van der Waals surface area contributed by atoms with Gasteiger partial charge in [-0.2, -0.15) is 0 Å². The monoisotopic (exact) mass is 387 g/mol. The summed E-state index contributed by atoms with van der Waals surface area (Å²) in [6.45, 7) is 2.64. The molecule has 1 aliphatic heterocycles. The number of rotatable bonds is 4. The molecule has 0 N–H and O–H groups in total. The first-order valence-corrected chi connectivity index (χ1v) is 9.56. The number of hydrogen-bond acceptors (Lipinski definition) is 4. The topological polar surface area (TPSA) is 66.7 Å². The first-order valence-electron chi connectivity index (χ1n) is 9.56. The predicted molar refractivity (Wildman–Crippen MR) is 113 cm³/mol. The number of amides is 1. The second-order valence-corrected chi connectivity index (χ2v) is 7.00. The van der Waals surface area contributed by atoms with Crippen molar-refractivity contribution in [3.63, 3.8) is 0 Å². The third-order valence-electron chi connectivity index (χ3n) is 5.23. The van der Waals surface area contributed by atoms with Crippen molar-refractivity contribution < 1.29 is 9.72 Å². The molecule has 3 aromatic carbocycles. The zero-order valence-electron chi connectivity index (χ0n) is 15.9. The summed E-state index contributed by atoms with van der Waals surface area (Å²) in [6.07, 6.45) is 0. The Morgan fingerprint density at radius 1 is 0.759 bits per heavy atom. The number of carbonyl (C=O) groups is 1. The highest BCUT2D eigenvalue weighted by molar-refractivity contribution is 5.95. The van der Waals surface area contributed by atoms with E-state index in [0.717, 1.165) is 16.8 Å². The Bertz CT molecular complexity index is 994. The number of hydrogen-bond donors (Lipinski definition) is 0. The van der Waals surface area contributed by atoms with Gasteiger partial charge >= 0.3 is 0 Å². The quantitative estimate of drug-likeness (QED) is 0.496. The molecule has 0 radical (unpaired) electrons. The summed E-state index contributed by atoms with van der Waals surface area (Å²) in [5.41, 5.74) is 3.93. The fraction of sp³-hybridized carbons (Fsp3) is 0.174. The molecule has 1 aliphatic rings. The maximum atomic E-state index is 12.8. The lowest BCUT2D eigenvalue weighted by Crippen LogP contribution is -2.48. The van der Waals surface area contributed by atoms with Crippen LogP contribution in [0.25, 0.3) is 11.1 Å². The second kappa shape index (κ2) is 8.14. The Balaban J connectivity index is 1.38. The van der Waals surface area contributed by atoms with Gasteiger partial charge in [-0.05, 0) is 35.4 Å². The lowest BCUT2D eigenvalue weighted by molar-refractivity contribution is -0.384. The van der Waals surface area contributed by atoms with Gasteiger partial charge in [0.05, 0.1) is 4.92 Å². The molecule has 0 atom stereocenters. The van der Waals surface area contributed by atoms with E-state index in [-0.39, 0.29) is 11.6 Å². The minimum atomic E-state index is -0.399. The fourth-order valence-corrected chi connectivity index (χ4v) is 3.57. The summed E-state index contributed by atoms with van der Waals surface area (Å²) in [7, 11) is 0. The van der Waals surface area contributed by atoms with Gasteiger partial charge in [-0.15, -0.1) is 0 Å². The molecule has 1 saturated heterocycles. The molecule has 0 bridgehead atoms. The van der Waals surface area contributed by atoms with Crippen LogP contribution in [0.3, 0.4) is 0 Å². The smallest absolute Gasteiger partial charge is 0.269 e. The molecule has 1 amide bonds. The summed E-state index contributed by atoms with van der Waals surface area (Å²) in [6, 6.07) is 24.4.